The molecule has 1 aliphatic heterocycles. The number of hydrogen-bond donors (Lipinski definition) is 2. The van der Waals surface area contributed by atoms with Crippen molar-refractivity contribution in [3.8, 4) is 11.4 Å². The number of benzene rings is 2. The van der Waals surface area contributed by atoms with Crippen LogP contribution in [0, 0.1) is 6.92 Å². The number of ether oxygens (including phenoxy) is 1. The van der Waals surface area contributed by atoms with Gasteiger partial charge >= 0.3 is 5.97 Å². The van der Waals surface area contributed by atoms with Gasteiger partial charge in [0.25, 0.3) is 0 Å². The Labute approximate surface area is 224 Å². The summed E-state index contributed by atoms with van der Waals surface area (Å²) in [5.74, 6) is 0.356. The summed E-state index contributed by atoms with van der Waals surface area (Å²) in [6, 6.07) is 18.8. The van der Waals surface area contributed by atoms with Gasteiger partial charge in [-0.2, -0.15) is 5.10 Å². The molecule has 4 aromatic rings. The average molecular weight is 526 g/mol. The third kappa shape index (κ3) is 4.01. The maximum absolute atomic E-state index is 13.8. The van der Waals surface area contributed by atoms with Crippen LogP contribution in [0.1, 0.15) is 63.7 Å². The maximum atomic E-state index is 13.8. The molecule has 2 atom stereocenters. The normalized spacial score (nSPS) is 18.5. The van der Waals surface area contributed by atoms with E-state index in [2.05, 4.69) is 11.4 Å². The van der Waals surface area contributed by atoms with E-state index in [0.717, 1.165) is 33.8 Å². The van der Waals surface area contributed by atoms with Gasteiger partial charge in [0.1, 0.15) is 11.6 Å². The summed E-state index contributed by atoms with van der Waals surface area (Å²) in [5, 5.41) is 20.3. The number of hydrogen-bond acceptors (Lipinski definition) is 6. The van der Waals surface area contributed by atoms with Gasteiger partial charge in [-0.1, -0.05) is 30.3 Å². The van der Waals surface area contributed by atoms with Crippen molar-refractivity contribution >= 4 is 28.9 Å². The number of thiophene rings is 1. The molecule has 2 aliphatic rings. The number of fused-ring (bicyclic) bond motifs is 1. The summed E-state index contributed by atoms with van der Waals surface area (Å²) >= 11 is 1.67. The predicted molar refractivity (Wildman–Crippen MR) is 147 cm³/mol. The molecule has 1 aliphatic carbocycles. The van der Waals surface area contributed by atoms with E-state index < -0.39 is 5.97 Å². The van der Waals surface area contributed by atoms with Crippen molar-refractivity contribution in [2.45, 2.75) is 38.5 Å². The number of aromatic nitrogens is 2. The molecule has 0 saturated carbocycles. The maximum Gasteiger partial charge on any atom is 0.337 e. The predicted octanol–water partition coefficient (Wildman–Crippen LogP) is 6.30. The molecule has 0 bridgehead atoms. The molecule has 2 N–H and O–H groups in total. The monoisotopic (exact) mass is 525 g/mol. The molecule has 0 unspecified atom stereocenters. The molecule has 192 valence electrons. The molecule has 8 heteroatoms. The van der Waals surface area contributed by atoms with Gasteiger partial charge < -0.3 is 15.2 Å². The van der Waals surface area contributed by atoms with E-state index in [1.54, 1.807) is 40.3 Å². The van der Waals surface area contributed by atoms with E-state index >= 15 is 0 Å². The first kappa shape index (κ1) is 24.2. The fourth-order valence-corrected chi connectivity index (χ4v) is 6.50. The van der Waals surface area contributed by atoms with Crippen LogP contribution in [0.2, 0.25) is 0 Å². The number of carboxylic acids is 1. The highest BCUT2D eigenvalue weighted by atomic mass is 32.1. The van der Waals surface area contributed by atoms with Crippen LogP contribution in [0.4, 0.5) is 5.82 Å². The summed E-state index contributed by atoms with van der Waals surface area (Å²) in [6.45, 7) is 4.43. The molecule has 3 heterocycles. The fourth-order valence-electron chi connectivity index (χ4n) is 5.67. The van der Waals surface area contributed by atoms with Crippen molar-refractivity contribution in [3.63, 3.8) is 0 Å². The number of aromatic carboxylic acids is 1. The smallest absolute Gasteiger partial charge is 0.337 e. The number of aryl methyl sites for hydroxylation is 1. The average Bonchev–Trinajstić information content (AvgIpc) is 3.57. The Morgan fingerprint density at radius 2 is 1.92 bits per heavy atom. The van der Waals surface area contributed by atoms with E-state index in [9.17, 15) is 14.7 Å². The van der Waals surface area contributed by atoms with Crippen LogP contribution < -0.4 is 10.1 Å². The largest absolute Gasteiger partial charge is 0.494 e. The summed E-state index contributed by atoms with van der Waals surface area (Å²) < 4.78 is 7.34. The van der Waals surface area contributed by atoms with E-state index in [0.29, 0.717) is 31.0 Å². The van der Waals surface area contributed by atoms with Crippen molar-refractivity contribution in [2.75, 3.05) is 11.9 Å². The van der Waals surface area contributed by atoms with E-state index in [1.165, 1.54) is 4.88 Å². The van der Waals surface area contributed by atoms with Gasteiger partial charge in [0.2, 0.25) is 0 Å². The zero-order chi connectivity index (χ0) is 26.4. The Morgan fingerprint density at radius 3 is 2.63 bits per heavy atom. The molecule has 0 spiro atoms. The van der Waals surface area contributed by atoms with E-state index in [-0.39, 0.29) is 23.2 Å². The minimum atomic E-state index is -1.02. The molecular formula is C30H27N3O4S. The van der Waals surface area contributed by atoms with Gasteiger partial charge in [-0.3, -0.25) is 4.79 Å². The first-order valence-electron chi connectivity index (χ1n) is 12.7. The molecule has 6 rings (SSSR count). The number of para-hydroxylation sites is 1. The second-order valence-corrected chi connectivity index (χ2v) is 10.6. The second-order valence-electron chi connectivity index (χ2n) is 9.58. The summed E-state index contributed by atoms with van der Waals surface area (Å²) in [7, 11) is 0. The summed E-state index contributed by atoms with van der Waals surface area (Å²) in [6.07, 6.45) is 1.15. The minimum Gasteiger partial charge on any atom is -0.494 e. The van der Waals surface area contributed by atoms with Crippen LogP contribution in [-0.4, -0.2) is 33.2 Å². The Hall–Kier alpha value is -4.17. The molecule has 2 aromatic carbocycles. The van der Waals surface area contributed by atoms with Crippen LogP contribution in [0.5, 0.6) is 5.75 Å². The first-order chi connectivity index (χ1) is 18.5. The highest BCUT2D eigenvalue weighted by molar-refractivity contribution is 7.10. The second kappa shape index (κ2) is 9.61. The van der Waals surface area contributed by atoms with Crippen molar-refractivity contribution < 1.29 is 19.4 Å². The SMILES string of the molecule is CCOc1ccc([C@@H]2C3=C(C[C@@H](c4cccs4)CC3=O)Nc3c2c(C)nn3-c2ccccc2C(=O)O)cc1. The molecule has 0 saturated heterocycles. The van der Waals surface area contributed by atoms with Crippen LogP contribution >= 0.6 is 11.3 Å². The standard InChI is InChI=1S/C30H27N3O4S/c1-3-37-20-12-10-18(11-13-20)27-26-17(2)32-33(23-8-5-4-7-21(23)30(35)36)29(26)31-22-15-19(16-24(34)28(22)27)25-9-6-14-38-25/h4-14,19,27,31H,3,15-16H2,1-2H3,(H,35,36)/t19-,27+/m1/s1. The Kier molecular flexibility index (Phi) is 6.12. The number of carbonyl (C=O) groups is 2. The molecule has 0 amide bonds. The number of nitrogens with zero attached hydrogens (tertiary/aromatic N) is 2. The van der Waals surface area contributed by atoms with Gasteiger partial charge in [0.15, 0.2) is 5.78 Å². The minimum absolute atomic E-state index is 0.0973. The zero-order valence-corrected chi connectivity index (χ0v) is 21.9. The van der Waals surface area contributed by atoms with Gasteiger partial charge in [0, 0.05) is 40.0 Å². The Balaban J connectivity index is 1.54. The van der Waals surface area contributed by atoms with Crippen LogP contribution in [-0.2, 0) is 4.79 Å². The van der Waals surface area contributed by atoms with Crippen LogP contribution in [0.25, 0.3) is 5.69 Å². The molecular weight excluding hydrogens is 498 g/mol. The number of allylic oxidation sites excluding steroid dienone is 2. The Bertz CT molecular complexity index is 1570. The molecule has 0 radical (unpaired) electrons. The number of nitrogens with one attached hydrogen (secondary N) is 1. The van der Waals surface area contributed by atoms with Crippen molar-refractivity contribution in [2.24, 2.45) is 0 Å². The number of Topliss-reactive ketones (excluding diaryl/α,β-unsaturated/α-hetero) is 1. The molecule has 7 nitrogen and oxygen atoms in total. The van der Waals surface area contributed by atoms with Crippen molar-refractivity contribution in [1.29, 1.82) is 0 Å². The lowest BCUT2D eigenvalue weighted by Crippen LogP contribution is -2.30. The molecule has 0 fully saturated rings. The van der Waals surface area contributed by atoms with Crippen LogP contribution in [0.15, 0.2) is 77.3 Å². The van der Waals surface area contributed by atoms with Crippen molar-refractivity contribution in [1.82, 2.24) is 9.78 Å². The third-order valence-corrected chi connectivity index (χ3v) is 8.33. The number of carbonyl (C=O) groups excluding carboxylic acids is 1. The fraction of sp³-hybridized carbons (Fsp3) is 0.233. The summed E-state index contributed by atoms with van der Waals surface area (Å²) in [5.41, 5.74) is 4.88. The number of anilines is 1. The van der Waals surface area contributed by atoms with Crippen LogP contribution in [0.3, 0.4) is 0 Å². The first-order valence-corrected chi connectivity index (χ1v) is 13.6. The third-order valence-electron chi connectivity index (χ3n) is 7.29. The van der Waals surface area contributed by atoms with E-state index in [1.807, 2.05) is 49.6 Å². The quantitative estimate of drug-likeness (QED) is 0.307. The van der Waals surface area contributed by atoms with Gasteiger partial charge in [-0.25, -0.2) is 9.48 Å². The topological polar surface area (TPSA) is 93.5 Å². The number of ketones is 1. The summed E-state index contributed by atoms with van der Waals surface area (Å²) in [4.78, 5) is 27.1. The van der Waals surface area contributed by atoms with E-state index in [4.69, 9.17) is 9.84 Å². The van der Waals surface area contributed by atoms with Gasteiger partial charge in [-0.05, 0) is 61.5 Å². The highest BCUT2D eigenvalue weighted by Crippen LogP contribution is 2.50. The lowest BCUT2D eigenvalue weighted by Gasteiger charge is -2.35. The number of carboxylic acid groups (broad SMARTS) is 1. The lowest BCUT2D eigenvalue weighted by atomic mass is 9.73. The van der Waals surface area contributed by atoms with Crippen molar-refractivity contribution in [3.05, 3.63) is 105 Å². The highest BCUT2D eigenvalue weighted by Gasteiger charge is 2.41. The zero-order valence-electron chi connectivity index (χ0n) is 21.1. The number of rotatable bonds is 6. The Morgan fingerprint density at radius 1 is 1.13 bits per heavy atom. The lowest BCUT2D eigenvalue weighted by molar-refractivity contribution is -0.116. The van der Waals surface area contributed by atoms with Gasteiger partial charge in [-0.15, -0.1) is 11.3 Å². The van der Waals surface area contributed by atoms with Gasteiger partial charge in [0.05, 0.1) is 23.6 Å². The molecule has 2 aromatic heterocycles. The molecule has 38 heavy (non-hydrogen) atoms.